The summed E-state index contributed by atoms with van der Waals surface area (Å²) in [5, 5.41) is 11.5. The number of methoxy groups -OCH3 is 1. The lowest BCUT2D eigenvalue weighted by atomic mass is 9.92. The molecule has 31 heavy (non-hydrogen) atoms. The first-order valence-corrected chi connectivity index (χ1v) is 11.3. The molecular formula is C22H22ClN3O4S. The number of anilines is 1. The van der Waals surface area contributed by atoms with Crippen LogP contribution < -0.4 is 14.8 Å². The Hall–Kier alpha value is -2.71. The number of hydrogen-bond acceptors (Lipinski definition) is 7. The smallest absolute Gasteiger partial charge is 0.277 e. The topological polar surface area (TPSA) is 86.5 Å². The summed E-state index contributed by atoms with van der Waals surface area (Å²) in [6, 6.07) is 11.2. The minimum Gasteiger partial charge on any atom is -0.495 e. The van der Waals surface area contributed by atoms with Gasteiger partial charge in [0, 0.05) is 5.02 Å². The van der Waals surface area contributed by atoms with Crippen LogP contribution in [0.3, 0.4) is 0 Å². The summed E-state index contributed by atoms with van der Waals surface area (Å²) in [6.07, 6.45) is 4.70. The fourth-order valence-electron chi connectivity index (χ4n) is 3.39. The van der Waals surface area contributed by atoms with Gasteiger partial charge in [0.25, 0.3) is 11.1 Å². The molecule has 1 aliphatic rings. The van der Waals surface area contributed by atoms with Crippen LogP contribution in [0, 0.1) is 0 Å². The number of carbonyl (C=O) groups is 1. The highest BCUT2D eigenvalue weighted by atomic mass is 35.5. The highest BCUT2D eigenvalue weighted by molar-refractivity contribution is 7.99. The second-order valence-electron chi connectivity index (χ2n) is 7.07. The van der Waals surface area contributed by atoms with Gasteiger partial charge in [-0.25, -0.2) is 0 Å². The van der Waals surface area contributed by atoms with Crippen LogP contribution in [0.5, 0.6) is 11.5 Å². The number of hydrogen-bond donors (Lipinski definition) is 1. The minimum absolute atomic E-state index is 0.100. The molecule has 4 rings (SSSR count). The average Bonchev–Trinajstić information content (AvgIpc) is 3.24. The maximum atomic E-state index is 12.3. The van der Waals surface area contributed by atoms with E-state index in [1.807, 2.05) is 6.07 Å². The number of thioether (sulfide) groups is 1. The molecule has 1 aromatic heterocycles. The van der Waals surface area contributed by atoms with E-state index in [4.69, 9.17) is 25.5 Å². The Morgan fingerprint density at radius 3 is 2.84 bits per heavy atom. The van der Waals surface area contributed by atoms with Crippen molar-refractivity contribution in [3.63, 3.8) is 0 Å². The normalized spacial score (nSPS) is 12.8. The number of fused-ring (bicyclic) bond motifs is 1. The summed E-state index contributed by atoms with van der Waals surface area (Å²) in [4.78, 5) is 12.3. The second kappa shape index (κ2) is 10.1. The number of nitrogens with one attached hydrogen (secondary N) is 1. The summed E-state index contributed by atoms with van der Waals surface area (Å²) < 4.78 is 16.6. The molecule has 1 amide bonds. The Bertz CT molecular complexity index is 1070. The molecule has 0 fully saturated rings. The number of halogens is 1. The highest BCUT2D eigenvalue weighted by Gasteiger charge is 2.14. The van der Waals surface area contributed by atoms with Crippen LogP contribution in [0.1, 0.15) is 29.9 Å². The van der Waals surface area contributed by atoms with E-state index in [-0.39, 0.29) is 18.3 Å². The summed E-state index contributed by atoms with van der Waals surface area (Å²) in [5.74, 6) is 1.54. The molecule has 1 N–H and O–H groups in total. The van der Waals surface area contributed by atoms with Gasteiger partial charge in [0.05, 0.1) is 18.6 Å². The summed E-state index contributed by atoms with van der Waals surface area (Å²) in [7, 11) is 1.53. The van der Waals surface area contributed by atoms with Crippen molar-refractivity contribution in [3.8, 4) is 11.5 Å². The monoisotopic (exact) mass is 459 g/mol. The van der Waals surface area contributed by atoms with Crippen molar-refractivity contribution < 1.29 is 18.7 Å². The molecule has 0 saturated carbocycles. The van der Waals surface area contributed by atoms with Gasteiger partial charge in [0.15, 0.2) is 6.61 Å². The predicted molar refractivity (Wildman–Crippen MR) is 119 cm³/mol. The first-order chi connectivity index (χ1) is 15.1. The van der Waals surface area contributed by atoms with Crippen molar-refractivity contribution >= 4 is 35.0 Å². The van der Waals surface area contributed by atoms with E-state index in [0.717, 1.165) is 30.4 Å². The van der Waals surface area contributed by atoms with Crippen LogP contribution >= 0.6 is 23.4 Å². The number of benzene rings is 2. The van der Waals surface area contributed by atoms with Crippen LogP contribution in [0.2, 0.25) is 5.02 Å². The van der Waals surface area contributed by atoms with Gasteiger partial charge in [-0.3, -0.25) is 4.79 Å². The van der Waals surface area contributed by atoms with Crippen LogP contribution in [-0.4, -0.2) is 29.0 Å². The molecule has 0 bridgehead atoms. The van der Waals surface area contributed by atoms with Gasteiger partial charge in [-0.05, 0) is 67.1 Å². The quantitative estimate of drug-likeness (QED) is 0.478. The molecule has 0 aliphatic heterocycles. The third-order valence-corrected chi connectivity index (χ3v) is 5.95. The van der Waals surface area contributed by atoms with Gasteiger partial charge in [-0.15, -0.1) is 10.2 Å². The van der Waals surface area contributed by atoms with Gasteiger partial charge < -0.3 is 19.2 Å². The fraction of sp³-hybridized carbons (Fsp3) is 0.318. The van der Waals surface area contributed by atoms with E-state index in [0.29, 0.717) is 27.6 Å². The average molecular weight is 460 g/mol. The van der Waals surface area contributed by atoms with E-state index in [2.05, 4.69) is 27.6 Å². The van der Waals surface area contributed by atoms with E-state index in [1.54, 1.807) is 18.2 Å². The van der Waals surface area contributed by atoms with Crippen LogP contribution in [-0.2, 0) is 24.2 Å². The van der Waals surface area contributed by atoms with Crippen molar-refractivity contribution in [1.29, 1.82) is 0 Å². The second-order valence-corrected chi connectivity index (χ2v) is 8.43. The molecule has 0 unspecified atom stereocenters. The molecule has 1 heterocycles. The maximum Gasteiger partial charge on any atom is 0.277 e. The van der Waals surface area contributed by atoms with Crippen molar-refractivity contribution in [1.82, 2.24) is 10.2 Å². The van der Waals surface area contributed by atoms with Gasteiger partial charge >= 0.3 is 0 Å². The Morgan fingerprint density at radius 1 is 1.16 bits per heavy atom. The summed E-state index contributed by atoms with van der Waals surface area (Å²) >= 11 is 7.13. The summed E-state index contributed by atoms with van der Waals surface area (Å²) in [6.45, 7) is 0.179. The van der Waals surface area contributed by atoms with Crippen LogP contribution in [0.15, 0.2) is 46.0 Å². The van der Waals surface area contributed by atoms with Crippen molar-refractivity contribution in [2.45, 2.75) is 37.5 Å². The zero-order chi connectivity index (χ0) is 21.6. The number of amides is 1. The van der Waals surface area contributed by atoms with Gasteiger partial charge in [-0.1, -0.05) is 29.4 Å². The number of rotatable bonds is 8. The molecule has 0 radical (unpaired) electrons. The number of aryl methyl sites for hydroxylation is 2. The van der Waals surface area contributed by atoms with E-state index < -0.39 is 0 Å². The van der Waals surface area contributed by atoms with E-state index >= 15 is 0 Å². The first kappa shape index (κ1) is 21.5. The lowest BCUT2D eigenvalue weighted by molar-refractivity contribution is -0.113. The molecule has 0 atom stereocenters. The third-order valence-electron chi connectivity index (χ3n) is 4.89. The molecule has 0 saturated heterocycles. The molecule has 9 heteroatoms. The molecule has 3 aromatic rings. The van der Waals surface area contributed by atoms with E-state index in [9.17, 15) is 4.79 Å². The molecule has 7 nitrogen and oxygen atoms in total. The van der Waals surface area contributed by atoms with Crippen molar-refractivity contribution in [2.75, 3.05) is 18.2 Å². The Labute approximate surface area is 189 Å². The SMILES string of the molecule is COc1ccc(Cl)cc1NC(=O)CSc1nnc(COc2ccc3c(c2)CCCC3)o1. The third kappa shape index (κ3) is 5.71. The number of aromatic nitrogens is 2. The number of ether oxygens (including phenoxy) is 2. The van der Waals surface area contributed by atoms with Crippen molar-refractivity contribution in [2.24, 2.45) is 0 Å². The minimum atomic E-state index is -0.240. The van der Waals surface area contributed by atoms with Crippen LogP contribution in [0.25, 0.3) is 0 Å². The maximum absolute atomic E-state index is 12.3. The molecular weight excluding hydrogens is 438 g/mol. The largest absolute Gasteiger partial charge is 0.495 e. The molecule has 162 valence electrons. The zero-order valence-corrected chi connectivity index (χ0v) is 18.6. The zero-order valence-electron chi connectivity index (χ0n) is 17.0. The predicted octanol–water partition coefficient (Wildman–Crippen LogP) is 4.92. The van der Waals surface area contributed by atoms with Crippen LogP contribution in [0.4, 0.5) is 5.69 Å². The Balaban J connectivity index is 1.27. The Morgan fingerprint density at radius 2 is 2.00 bits per heavy atom. The number of nitrogens with zero attached hydrogens (tertiary/aromatic N) is 2. The number of carbonyl (C=O) groups excluding carboxylic acids is 1. The summed E-state index contributed by atoms with van der Waals surface area (Å²) in [5.41, 5.74) is 3.27. The van der Waals surface area contributed by atoms with Gasteiger partial charge in [-0.2, -0.15) is 0 Å². The van der Waals surface area contributed by atoms with Crippen molar-refractivity contribution in [3.05, 3.63) is 58.4 Å². The molecule has 0 spiro atoms. The first-order valence-electron chi connectivity index (χ1n) is 9.94. The van der Waals surface area contributed by atoms with Gasteiger partial charge in [0.1, 0.15) is 11.5 Å². The lowest BCUT2D eigenvalue weighted by Crippen LogP contribution is -2.14. The van der Waals surface area contributed by atoms with E-state index in [1.165, 1.54) is 31.1 Å². The van der Waals surface area contributed by atoms with Gasteiger partial charge in [0.2, 0.25) is 5.91 Å². The molecule has 2 aromatic carbocycles. The molecule has 1 aliphatic carbocycles. The fourth-order valence-corrected chi connectivity index (χ4v) is 4.14. The lowest BCUT2D eigenvalue weighted by Gasteiger charge is -2.16. The standard InChI is InChI=1S/C22H22ClN3O4S/c1-28-19-9-7-16(23)11-18(19)24-20(27)13-31-22-26-25-21(30-22)12-29-17-8-6-14-4-2-3-5-15(14)10-17/h6-11H,2-5,12-13H2,1H3,(H,24,27). The Kier molecular flexibility index (Phi) is 6.99. The highest BCUT2D eigenvalue weighted by Crippen LogP contribution is 2.28.